The van der Waals surface area contributed by atoms with Crippen molar-refractivity contribution in [3.05, 3.63) is 51.5 Å². The molecule has 2 heterocycles. The Kier molecular flexibility index (Phi) is 6.63. The standard InChI is InChI=1S/C16H16F2N4O2S.ClH/c17-10-2-1-3-11(18)14(10)16(24)22-6-4-21(5-7-22)15(23)12-9-25-13(8-19)20-12;/h1-3,9H,4-8,19H2;1H. The predicted molar refractivity (Wildman–Crippen MR) is 95.4 cm³/mol. The molecule has 26 heavy (non-hydrogen) atoms. The Labute approximate surface area is 159 Å². The summed E-state index contributed by atoms with van der Waals surface area (Å²) in [7, 11) is 0. The molecule has 10 heteroatoms. The van der Waals surface area contributed by atoms with E-state index in [1.807, 2.05) is 0 Å². The molecule has 0 radical (unpaired) electrons. The second-order valence-corrected chi connectivity index (χ2v) is 6.45. The van der Waals surface area contributed by atoms with Crippen LogP contribution in [0.5, 0.6) is 0 Å². The van der Waals surface area contributed by atoms with E-state index < -0.39 is 23.1 Å². The van der Waals surface area contributed by atoms with Gasteiger partial charge >= 0.3 is 0 Å². The van der Waals surface area contributed by atoms with Crippen LogP contribution in [0.2, 0.25) is 0 Å². The van der Waals surface area contributed by atoms with Gasteiger partial charge in [-0.3, -0.25) is 9.59 Å². The number of amides is 2. The molecule has 140 valence electrons. The third-order valence-corrected chi connectivity index (χ3v) is 4.85. The molecule has 1 aliphatic rings. The van der Waals surface area contributed by atoms with Crippen LogP contribution in [0.15, 0.2) is 23.6 Å². The van der Waals surface area contributed by atoms with Crippen LogP contribution in [0, 0.1) is 11.6 Å². The minimum absolute atomic E-state index is 0. The SMILES string of the molecule is Cl.NCc1nc(C(=O)N2CCN(C(=O)c3c(F)cccc3F)CC2)cs1. The van der Waals surface area contributed by atoms with E-state index in [9.17, 15) is 18.4 Å². The molecule has 1 saturated heterocycles. The van der Waals surface area contributed by atoms with Gasteiger partial charge in [0.05, 0.1) is 0 Å². The van der Waals surface area contributed by atoms with Gasteiger partial charge < -0.3 is 15.5 Å². The fourth-order valence-corrected chi connectivity index (χ4v) is 3.29. The van der Waals surface area contributed by atoms with Crippen molar-refractivity contribution in [2.24, 2.45) is 5.73 Å². The molecule has 6 nitrogen and oxygen atoms in total. The van der Waals surface area contributed by atoms with E-state index in [0.29, 0.717) is 10.7 Å². The lowest BCUT2D eigenvalue weighted by atomic mass is 10.1. The van der Waals surface area contributed by atoms with Gasteiger partial charge in [0.15, 0.2) is 0 Å². The van der Waals surface area contributed by atoms with E-state index in [0.717, 1.165) is 12.1 Å². The number of benzene rings is 1. The fourth-order valence-electron chi connectivity index (χ4n) is 2.64. The summed E-state index contributed by atoms with van der Waals surface area (Å²) < 4.78 is 27.5. The van der Waals surface area contributed by atoms with E-state index in [2.05, 4.69) is 4.98 Å². The summed E-state index contributed by atoms with van der Waals surface area (Å²) in [6, 6.07) is 3.31. The maximum atomic E-state index is 13.7. The molecular formula is C16H17ClF2N4O2S. The highest BCUT2D eigenvalue weighted by Gasteiger charge is 2.29. The first-order valence-electron chi connectivity index (χ1n) is 7.68. The number of carbonyl (C=O) groups excluding carboxylic acids is 2. The Morgan fingerprint density at radius 2 is 1.62 bits per heavy atom. The van der Waals surface area contributed by atoms with Crippen molar-refractivity contribution >= 4 is 35.6 Å². The second-order valence-electron chi connectivity index (χ2n) is 5.51. The fraction of sp³-hybridized carbons (Fsp3) is 0.312. The number of rotatable bonds is 3. The van der Waals surface area contributed by atoms with Gasteiger partial charge in [0.25, 0.3) is 11.8 Å². The van der Waals surface area contributed by atoms with Gasteiger partial charge in [0.1, 0.15) is 27.9 Å². The summed E-state index contributed by atoms with van der Waals surface area (Å²) in [6.45, 7) is 1.22. The Morgan fingerprint density at radius 1 is 1.08 bits per heavy atom. The van der Waals surface area contributed by atoms with Crippen LogP contribution < -0.4 is 5.73 Å². The lowest BCUT2D eigenvalue weighted by Crippen LogP contribution is -2.51. The minimum atomic E-state index is -0.889. The first kappa shape index (κ1) is 20.2. The summed E-state index contributed by atoms with van der Waals surface area (Å²) in [5.74, 6) is -2.72. The van der Waals surface area contributed by atoms with Crippen LogP contribution in [0.4, 0.5) is 8.78 Å². The van der Waals surface area contributed by atoms with Crippen LogP contribution >= 0.6 is 23.7 Å². The van der Waals surface area contributed by atoms with Crippen molar-refractivity contribution in [3.63, 3.8) is 0 Å². The lowest BCUT2D eigenvalue weighted by molar-refractivity contribution is 0.0527. The van der Waals surface area contributed by atoms with Crippen molar-refractivity contribution in [1.29, 1.82) is 0 Å². The van der Waals surface area contributed by atoms with Gasteiger partial charge in [-0.05, 0) is 12.1 Å². The van der Waals surface area contributed by atoms with E-state index in [-0.39, 0.29) is 51.0 Å². The zero-order valence-corrected chi connectivity index (χ0v) is 15.3. The zero-order chi connectivity index (χ0) is 18.0. The third-order valence-electron chi connectivity index (χ3n) is 3.98. The Morgan fingerprint density at radius 3 is 2.12 bits per heavy atom. The highest BCUT2D eigenvalue weighted by Crippen LogP contribution is 2.17. The molecule has 1 aromatic carbocycles. The van der Waals surface area contributed by atoms with Gasteiger partial charge in [0.2, 0.25) is 0 Å². The van der Waals surface area contributed by atoms with Crippen LogP contribution in [0.1, 0.15) is 25.9 Å². The second kappa shape index (κ2) is 8.52. The third kappa shape index (κ3) is 4.00. The number of thiazole rings is 1. The molecule has 2 aromatic rings. The molecule has 1 aliphatic heterocycles. The zero-order valence-electron chi connectivity index (χ0n) is 13.7. The predicted octanol–water partition coefficient (Wildman–Crippen LogP) is 1.90. The highest BCUT2D eigenvalue weighted by molar-refractivity contribution is 7.09. The van der Waals surface area contributed by atoms with Gasteiger partial charge in [-0.1, -0.05) is 6.07 Å². The van der Waals surface area contributed by atoms with Crippen molar-refractivity contribution in [2.75, 3.05) is 26.2 Å². The molecule has 0 spiro atoms. The van der Waals surface area contributed by atoms with E-state index in [1.54, 1.807) is 10.3 Å². The molecule has 2 N–H and O–H groups in total. The molecule has 3 rings (SSSR count). The Balaban J connectivity index is 0.00000243. The Hall–Kier alpha value is -2.10. The maximum Gasteiger partial charge on any atom is 0.273 e. The molecule has 1 aromatic heterocycles. The molecule has 0 unspecified atom stereocenters. The van der Waals surface area contributed by atoms with Crippen LogP contribution in [-0.4, -0.2) is 52.8 Å². The molecule has 0 bridgehead atoms. The number of halogens is 3. The topological polar surface area (TPSA) is 79.5 Å². The lowest BCUT2D eigenvalue weighted by Gasteiger charge is -2.34. The van der Waals surface area contributed by atoms with Crippen molar-refractivity contribution in [2.45, 2.75) is 6.54 Å². The number of carbonyl (C=O) groups is 2. The highest BCUT2D eigenvalue weighted by atomic mass is 35.5. The van der Waals surface area contributed by atoms with E-state index in [4.69, 9.17) is 5.73 Å². The summed E-state index contributed by atoms with van der Waals surface area (Å²) in [5.41, 5.74) is 5.25. The van der Waals surface area contributed by atoms with Crippen LogP contribution in [-0.2, 0) is 6.54 Å². The summed E-state index contributed by atoms with van der Waals surface area (Å²) in [5, 5.41) is 2.32. The van der Waals surface area contributed by atoms with Crippen molar-refractivity contribution in [3.8, 4) is 0 Å². The molecular weight excluding hydrogens is 386 g/mol. The largest absolute Gasteiger partial charge is 0.335 e. The number of nitrogens with zero attached hydrogens (tertiary/aromatic N) is 3. The maximum absolute atomic E-state index is 13.7. The molecule has 0 aliphatic carbocycles. The van der Waals surface area contributed by atoms with Crippen molar-refractivity contribution < 1.29 is 18.4 Å². The van der Waals surface area contributed by atoms with Gasteiger partial charge in [-0.25, -0.2) is 13.8 Å². The summed E-state index contributed by atoms with van der Waals surface area (Å²) >= 11 is 1.32. The van der Waals surface area contributed by atoms with Crippen molar-refractivity contribution in [1.82, 2.24) is 14.8 Å². The van der Waals surface area contributed by atoms with E-state index >= 15 is 0 Å². The van der Waals surface area contributed by atoms with E-state index in [1.165, 1.54) is 22.3 Å². The Bertz CT molecular complexity index is 789. The van der Waals surface area contributed by atoms with Crippen LogP contribution in [0.25, 0.3) is 0 Å². The average molecular weight is 403 g/mol. The average Bonchev–Trinajstić information content (AvgIpc) is 3.10. The number of hydrogen-bond acceptors (Lipinski definition) is 5. The quantitative estimate of drug-likeness (QED) is 0.850. The normalized spacial score (nSPS) is 14.1. The monoisotopic (exact) mass is 402 g/mol. The smallest absolute Gasteiger partial charge is 0.273 e. The summed E-state index contributed by atoms with van der Waals surface area (Å²) in [4.78, 5) is 31.8. The first-order valence-corrected chi connectivity index (χ1v) is 8.56. The molecule has 0 atom stereocenters. The number of hydrogen-bond donors (Lipinski definition) is 1. The first-order chi connectivity index (χ1) is 12.0. The molecule has 2 amide bonds. The number of aromatic nitrogens is 1. The molecule has 1 fully saturated rings. The minimum Gasteiger partial charge on any atom is -0.335 e. The van der Waals surface area contributed by atoms with Crippen LogP contribution in [0.3, 0.4) is 0 Å². The van der Waals surface area contributed by atoms with Gasteiger partial charge in [-0.2, -0.15) is 0 Å². The van der Waals surface area contributed by atoms with Gasteiger partial charge in [-0.15, -0.1) is 23.7 Å². The summed E-state index contributed by atoms with van der Waals surface area (Å²) in [6.07, 6.45) is 0. The van der Waals surface area contributed by atoms with Gasteiger partial charge in [0, 0.05) is 38.1 Å². The number of piperazine rings is 1. The number of nitrogens with two attached hydrogens (primary N) is 1. The molecule has 0 saturated carbocycles.